The first-order valence-electron chi connectivity index (χ1n) is 5.98. The smallest absolute Gasteiger partial charge is 0.0746 e. The highest BCUT2D eigenvalue weighted by atomic mass is 16.3. The molecule has 2 heteroatoms. The maximum atomic E-state index is 10.1. The fraction of sp³-hybridized carbons (Fsp3) is 1.00. The molecular weight excluding hydrogens is 174 g/mol. The molecule has 0 amide bonds. The second-order valence-corrected chi connectivity index (χ2v) is 4.56. The van der Waals surface area contributed by atoms with Crippen molar-refractivity contribution in [3.05, 3.63) is 0 Å². The summed E-state index contributed by atoms with van der Waals surface area (Å²) < 4.78 is 0. The van der Waals surface area contributed by atoms with Crippen LogP contribution in [0.15, 0.2) is 0 Å². The predicted molar refractivity (Wildman–Crippen MR) is 62.5 cm³/mol. The monoisotopic (exact) mass is 201 g/mol. The van der Waals surface area contributed by atoms with Gasteiger partial charge < -0.3 is 10.4 Å². The number of hydrogen-bond acceptors (Lipinski definition) is 2. The second kappa shape index (κ2) is 7.24. The summed E-state index contributed by atoms with van der Waals surface area (Å²) in [7, 11) is 0. The molecule has 0 aliphatic heterocycles. The van der Waals surface area contributed by atoms with Crippen molar-refractivity contribution in [1.29, 1.82) is 0 Å². The Bertz CT molecular complexity index is 130. The van der Waals surface area contributed by atoms with Gasteiger partial charge in [0.05, 0.1) is 5.60 Å². The highest BCUT2D eigenvalue weighted by Crippen LogP contribution is 2.21. The summed E-state index contributed by atoms with van der Waals surface area (Å²) in [5, 5.41) is 13.4. The lowest BCUT2D eigenvalue weighted by molar-refractivity contribution is 0.0328. The van der Waals surface area contributed by atoms with E-state index in [1.54, 1.807) is 0 Å². The van der Waals surface area contributed by atoms with Gasteiger partial charge in [-0.25, -0.2) is 0 Å². The van der Waals surface area contributed by atoms with Gasteiger partial charge in [-0.3, -0.25) is 0 Å². The zero-order valence-corrected chi connectivity index (χ0v) is 10.3. The Morgan fingerprint density at radius 1 is 1.21 bits per heavy atom. The third kappa shape index (κ3) is 6.39. The van der Waals surface area contributed by atoms with E-state index in [1.165, 1.54) is 12.8 Å². The van der Waals surface area contributed by atoms with Crippen LogP contribution in [0.2, 0.25) is 0 Å². The van der Waals surface area contributed by atoms with Crippen molar-refractivity contribution in [2.45, 2.75) is 59.0 Å². The number of nitrogens with one attached hydrogen (secondary N) is 1. The molecule has 0 saturated carbocycles. The van der Waals surface area contributed by atoms with E-state index in [0.29, 0.717) is 5.92 Å². The van der Waals surface area contributed by atoms with Crippen LogP contribution in [0.5, 0.6) is 0 Å². The fourth-order valence-electron chi connectivity index (χ4n) is 1.81. The van der Waals surface area contributed by atoms with Crippen LogP contribution in [0.1, 0.15) is 53.4 Å². The van der Waals surface area contributed by atoms with Gasteiger partial charge in [0.1, 0.15) is 0 Å². The molecule has 0 aliphatic rings. The van der Waals surface area contributed by atoms with Crippen molar-refractivity contribution in [3.63, 3.8) is 0 Å². The molecular formula is C12H27NO. The Morgan fingerprint density at radius 2 is 1.79 bits per heavy atom. The molecule has 0 fully saturated rings. The van der Waals surface area contributed by atoms with E-state index >= 15 is 0 Å². The van der Waals surface area contributed by atoms with Gasteiger partial charge >= 0.3 is 0 Å². The van der Waals surface area contributed by atoms with Crippen molar-refractivity contribution in [2.75, 3.05) is 13.1 Å². The highest BCUT2D eigenvalue weighted by Gasteiger charge is 2.23. The fourth-order valence-corrected chi connectivity index (χ4v) is 1.81. The molecule has 1 unspecified atom stereocenters. The summed E-state index contributed by atoms with van der Waals surface area (Å²) in [4.78, 5) is 0. The van der Waals surface area contributed by atoms with Crippen LogP contribution in [0.4, 0.5) is 0 Å². The Balaban J connectivity index is 3.79. The van der Waals surface area contributed by atoms with Crippen LogP contribution in [0.25, 0.3) is 0 Å². The lowest BCUT2D eigenvalue weighted by Gasteiger charge is -2.27. The average Bonchev–Trinajstić information content (AvgIpc) is 2.14. The van der Waals surface area contributed by atoms with Crippen molar-refractivity contribution in [3.8, 4) is 0 Å². The number of aliphatic hydroxyl groups is 1. The topological polar surface area (TPSA) is 32.3 Å². The minimum atomic E-state index is -0.536. The maximum Gasteiger partial charge on any atom is 0.0746 e. The van der Waals surface area contributed by atoms with Gasteiger partial charge in [-0.1, -0.05) is 33.6 Å². The summed E-state index contributed by atoms with van der Waals surface area (Å²) in [5.74, 6) is 0.661. The normalized spacial score (nSPS) is 15.9. The van der Waals surface area contributed by atoms with E-state index in [2.05, 4.69) is 26.1 Å². The Kier molecular flexibility index (Phi) is 7.20. The molecule has 0 aromatic rings. The summed E-state index contributed by atoms with van der Waals surface area (Å²) in [6.45, 7) is 10.2. The molecule has 14 heavy (non-hydrogen) atoms. The van der Waals surface area contributed by atoms with E-state index in [0.717, 1.165) is 25.9 Å². The molecule has 0 radical (unpaired) electrons. The Morgan fingerprint density at radius 3 is 2.21 bits per heavy atom. The molecule has 0 saturated heterocycles. The van der Waals surface area contributed by atoms with Crippen LogP contribution < -0.4 is 5.32 Å². The molecule has 0 bridgehead atoms. The molecule has 2 N–H and O–H groups in total. The van der Waals surface area contributed by atoms with Gasteiger partial charge in [0.15, 0.2) is 0 Å². The van der Waals surface area contributed by atoms with Gasteiger partial charge in [-0.15, -0.1) is 0 Å². The molecule has 0 aliphatic carbocycles. The first-order chi connectivity index (χ1) is 6.55. The molecule has 1 atom stereocenters. The Hall–Kier alpha value is -0.0800. The molecule has 2 nitrogen and oxygen atoms in total. The van der Waals surface area contributed by atoms with E-state index in [9.17, 15) is 5.11 Å². The predicted octanol–water partition coefficient (Wildman–Crippen LogP) is 2.56. The lowest BCUT2D eigenvalue weighted by atomic mass is 9.88. The molecule has 0 aromatic carbocycles. The van der Waals surface area contributed by atoms with Gasteiger partial charge in [-0.2, -0.15) is 0 Å². The van der Waals surface area contributed by atoms with E-state index in [-0.39, 0.29) is 0 Å². The van der Waals surface area contributed by atoms with Gasteiger partial charge in [0, 0.05) is 6.54 Å². The zero-order valence-electron chi connectivity index (χ0n) is 10.3. The highest BCUT2D eigenvalue weighted by molar-refractivity contribution is 4.78. The Labute approximate surface area is 89.1 Å². The first-order valence-corrected chi connectivity index (χ1v) is 5.98. The largest absolute Gasteiger partial charge is 0.389 e. The average molecular weight is 201 g/mol. The van der Waals surface area contributed by atoms with Crippen molar-refractivity contribution >= 4 is 0 Å². The molecule has 0 spiro atoms. The third-order valence-corrected chi connectivity index (χ3v) is 2.82. The second-order valence-electron chi connectivity index (χ2n) is 4.56. The number of hydrogen-bond donors (Lipinski definition) is 2. The maximum absolute atomic E-state index is 10.1. The van der Waals surface area contributed by atoms with Crippen LogP contribution in [0.3, 0.4) is 0 Å². The SMILES string of the molecule is CCCNCC(C)(O)CC(CC)CC. The van der Waals surface area contributed by atoms with Crippen molar-refractivity contribution < 1.29 is 5.11 Å². The molecule has 0 heterocycles. The van der Waals surface area contributed by atoms with Crippen LogP contribution >= 0.6 is 0 Å². The standard InChI is InChI=1S/C12H27NO/c1-5-8-13-10-12(4,14)9-11(6-2)7-3/h11,13-14H,5-10H2,1-4H3. The van der Waals surface area contributed by atoms with Crippen LogP contribution in [-0.4, -0.2) is 23.8 Å². The quantitative estimate of drug-likeness (QED) is 0.592. The van der Waals surface area contributed by atoms with Crippen molar-refractivity contribution in [2.24, 2.45) is 5.92 Å². The minimum absolute atomic E-state index is 0.536. The van der Waals surface area contributed by atoms with E-state index in [1.807, 2.05) is 6.92 Å². The zero-order chi connectivity index (χ0) is 11.0. The lowest BCUT2D eigenvalue weighted by Crippen LogP contribution is -2.39. The third-order valence-electron chi connectivity index (χ3n) is 2.82. The van der Waals surface area contributed by atoms with Crippen molar-refractivity contribution in [1.82, 2.24) is 5.32 Å². The van der Waals surface area contributed by atoms with E-state index in [4.69, 9.17) is 0 Å². The molecule has 86 valence electrons. The summed E-state index contributed by atoms with van der Waals surface area (Å²) >= 11 is 0. The minimum Gasteiger partial charge on any atom is -0.389 e. The number of rotatable bonds is 8. The summed E-state index contributed by atoms with van der Waals surface area (Å²) in [5.41, 5.74) is -0.536. The van der Waals surface area contributed by atoms with Gasteiger partial charge in [0.25, 0.3) is 0 Å². The van der Waals surface area contributed by atoms with E-state index < -0.39 is 5.60 Å². The van der Waals surface area contributed by atoms with Gasteiger partial charge in [-0.05, 0) is 32.2 Å². The molecule has 0 aromatic heterocycles. The summed E-state index contributed by atoms with van der Waals surface area (Å²) in [6, 6.07) is 0. The van der Waals surface area contributed by atoms with Crippen LogP contribution in [0, 0.1) is 5.92 Å². The first kappa shape index (κ1) is 13.9. The van der Waals surface area contributed by atoms with Crippen LogP contribution in [-0.2, 0) is 0 Å². The molecule has 0 rings (SSSR count). The van der Waals surface area contributed by atoms with Gasteiger partial charge in [0.2, 0.25) is 0 Å². The summed E-state index contributed by atoms with van der Waals surface area (Å²) in [6.07, 6.45) is 4.37.